The summed E-state index contributed by atoms with van der Waals surface area (Å²) in [6.45, 7) is 1.86. The molecule has 0 aliphatic rings. The minimum atomic E-state index is -4.11. The molecule has 9 heteroatoms. The number of aliphatic carboxylic acids is 1. The first-order valence-electron chi connectivity index (χ1n) is 6.63. The van der Waals surface area contributed by atoms with Crippen molar-refractivity contribution in [1.29, 1.82) is 0 Å². The molecule has 0 aliphatic heterocycles. The van der Waals surface area contributed by atoms with Crippen LogP contribution in [0.3, 0.4) is 0 Å². The SMILES string of the molecule is CCCC[C@H](NS(=O)(=O)c1cccc(S(C)(=O)=O)c1)C(=O)O. The maximum atomic E-state index is 12.2. The van der Waals surface area contributed by atoms with Crippen molar-refractivity contribution in [3.8, 4) is 0 Å². The van der Waals surface area contributed by atoms with E-state index >= 15 is 0 Å². The number of carbonyl (C=O) groups is 1. The zero-order valence-corrected chi connectivity index (χ0v) is 13.9. The van der Waals surface area contributed by atoms with Crippen LogP contribution in [0.2, 0.25) is 0 Å². The molecule has 0 radical (unpaired) electrons. The number of nitrogens with one attached hydrogen (secondary N) is 1. The maximum absolute atomic E-state index is 12.2. The lowest BCUT2D eigenvalue weighted by atomic mass is 10.1. The molecule has 1 aromatic rings. The molecular formula is C13H19NO6S2. The molecule has 7 nitrogen and oxygen atoms in total. The topological polar surface area (TPSA) is 118 Å². The number of hydrogen-bond acceptors (Lipinski definition) is 5. The predicted octanol–water partition coefficient (Wildman–Crippen LogP) is 1.01. The fraction of sp³-hybridized carbons (Fsp3) is 0.462. The summed E-state index contributed by atoms with van der Waals surface area (Å²) >= 11 is 0. The Hall–Kier alpha value is -1.45. The zero-order chi connectivity index (χ0) is 17.0. The first-order chi connectivity index (χ1) is 10.1. The van der Waals surface area contributed by atoms with E-state index in [0.29, 0.717) is 6.42 Å². The lowest BCUT2D eigenvalue weighted by Crippen LogP contribution is -2.40. The highest BCUT2D eigenvalue weighted by Crippen LogP contribution is 2.16. The van der Waals surface area contributed by atoms with E-state index in [-0.39, 0.29) is 16.2 Å². The second-order valence-electron chi connectivity index (χ2n) is 4.90. The minimum Gasteiger partial charge on any atom is -0.480 e. The van der Waals surface area contributed by atoms with Crippen LogP contribution in [-0.2, 0) is 24.7 Å². The molecule has 124 valence electrons. The van der Waals surface area contributed by atoms with Crippen LogP contribution in [0.1, 0.15) is 26.2 Å². The van der Waals surface area contributed by atoms with E-state index in [2.05, 4.69) is 4.72 Å². The summed E-state index contributed by atoms with van der Waals surface area (Å²) < 4.78 is 49.5. The highest BCUT2D eigenvalue weighted by Gasteiger charge is 2.25. The van der Waals surface area contributed by atoms with Gasteiger partial charge in [-0.25, -0.2) is 16.8 Å². The fourth-order valence-corrected chi connectivity index (χ4v) is 3.78. The van der Waals surface area contributed by atoms with Gasteiger partial charge in [-0.3, -0.25) is 4.79 Å². The Morgan fingerprint density at radius 3 is 2.32 bits per heavy atom. The first-order valence-corrected chi connectivity index (χ1v) is 10.0. The van der Waals surface area contributed by atoms with Crippen LogP contribution in [0.25, 0.3) is 0 Å². The van der Waals surface area contributed by atoms with Gasteiger partial charge in [0.05, 0.1) is 9.79 Å². The fourth-order valence-electron chi connectivity index (χ4n) is 1.77. The molecule has 2 N–H and O–H groups in total. The molecule has 1 atom stereocenters. The summed E-state index contributed by atoms with van der Waals surface area (Å²) in [7, 11) is -7.67. The van der Waals surface area contributed by atoms with Gasteiger partial charge in [0.2, 0.25) is 10.0 Å². The van der Waals surface area contributed by atoms with E-state index in [1.165, 1.54) is 18.2 Å². The van der Waals surface area contributed by atoms with E-state index in [1.54, 1.807) is 0 Å². The lowest BCUT2D eigenvalue weighted by molar-refractivity contribution is -0.139. The molecule has 1 rings (SSSR count). The van der Waals surface area contributed by atoms with Crippen molar-refractivity contribution in [3.63, 3.8) is 0 Å². The van der Waals surface area contributed by atoms with Crippen molar-refractivity contribution < 1.29 is 26.7 Å². The van der Waals surface area contributed by atoms with Gasteiger partial charge in [-0.15, -0.1) is 0 Å². The quantitative estimate of drug-likeness (QED) is 0.723. The molecule has 0 bridgehead atoms. The summed E-state index contributed by atoms with van der Waals surface area (Å²) in [4.78, 5) is 10.7. The van der Waals surface area contributed by atoms with E-state index in [4.69, 9.17) is 5.11 Å². The van der Waals surface area contributed by atoms with E-state index in [9.17, 15) is 21.6 Å². The van der Waals surface area contributed by atoms with Gasteiger partial charge in [-0.1, -0.05) is 25.8 Å². The highest BCUT2D eigenvalue weighted by atomic mass is 32.2. The number of carboxylic acid groups (broad SMARTS) is 1. The Bertz CT molecular complexity index is 740. The second kappa shape index (κ2) is 7.21. The van der Waals surface area contributed by atoms with Gasteiger partial charge in [0.1, 0.15) is 6.04 Å². The smallest absolute Gasteiger partial charge is 0.321 e. The number of rotatable bonds is 8. The Morgan fingerprint density at radius 1 is 1.23 bits per heavy atom. The number of carboxylic acids is 1. The lowest BCUT2D eigenvalue weighted by Gasteiger charge is -2.14. The Labute approximate surface area is 130 Å². The Morgan fingerprint density at radius 2 is 1.82 bits per heavy atom. The van der Waals surface area contributed by atoms with Crippen molar-refractivity contribution >= 4 is 25.8 Å². The van der Waals surface area contributed by atoms with Gasteiger partial charge < -0.3 is 5.11 Å². The Kier molecular flexibility index (Phi) is 6.09. The molecule has 0 saturated carbocycles. The van der Waals surface area contributed by atoms with Crippen LogP contribution in [-0.4, -0.2) is 40.2 Å². The van der Waals surface area contributed by atoms with Crippen LogP contribution in [0.15, 0.2) is 34.1 Å². The number of benzene rings is 1. The van der Waals surface area contributed by atoms with E-state index < -0.39 is 31.9 Å². The predicted molar refractivity (Wildman–Crippen MR) is 80.8 cm³/mol. The molecule has 0 spiro atoms. The van der Waals surface area contributed by atoms with Crippen molar-refractivity contribution in [3.05, 3.63) is 24.3 Å². The second-order valence-corrected chi connectivity index (χ2v) is 8.63. The normalized spacial score (nSPS) is 13.7. The largest absolute Gasteiger partial charge is 0.480 e. The standard InChI is InChI=1S/C13H19NO6S2/c1-3-4-8-12(13(15)16)14-22(19,20)11-7-5-6-10(9-11)21(2,17)18/h5-7,9,12,14H,3-4,8H2,1-2H3,(H,15,16)/t12-/m0/s1. The van der Waals surface area contributed by atoms with Crippen LogP contribution < -0.4 is 4.72 Å². The average molecular weight is 349 g/mol. The number of unbranched alkanes of at least 4 members (excludes halogenated alkanes) is 1. The van der Waals surface area contributed by atoms with Gasteiger partial charge in [-0.05, 0) is 24.6 Å². The Balaban J connectivity index is 3.11. The summed E-state index contributed by atoms with van der Waals surface area (Å²) in [6.07, 6.45) is 2.42. The van der Waals surface area contributed by atoms with Gasteiger partial charge in [0, 0.05) is 6.26 Å². The molecule has 0 saturated heterocycles. The molecule has 1 aromatic carbocycles. The molecule has 0 aromatic heterocycles. The molecule has 0 amide bonds. The van der Waals surface area contributed by atoms with E-state index in [0.717, 1.165) is 18.7 Å². The third kappa shape index (κ3) is 5.08. The van der Waals surface area contributed by atoms with Crippen molar-refractivity contribution in [1.82, 2.24) is 4.72 Å². The van der Waals surface area contributed by atoms with Crippen LogP contribution in [0.4, 0.5) is 0 Å². The molecule has 0 unspecified atom stereocenters. The third-order valence-electron chi connectivity index (χ3n) is 2.99. The molecule has 0 heterocycles. The number of sulfone groups is 1. The van der Waals surface area contributed by atoms with Crippen molar-refractivity contribution in [2.45, 2.75) is 42.0 Å². The first kappa shape index (κ1) is 18.6. The molecular weight excluding hydrogens is 330 g/mol. The molecule has 22 heavy (non-hydrogen) atoms. The molecule has 0 aliphatic carbocycles. The molecule has 0 fully saturated rings. The van der Waals surface area contributed by atoms with Crippen molar-refractivity contribution in [2.24, 2.45) is 0 Å². The summed E-state index contributed by atoms with van der Waals surface area (Å²) in [6, 6.07) is 3.56. The highest BCUT2D eigenvalue weighted by molar-refractivity contribution is 7.91. The van der Waals surface area contributed by atoms with Crippen LogP contribution in [0.5, 0.6) is 0 Å². The summed E-state index contributed by atoms with van der Waals surface area (Å²) in [5, 5.41) is 9.07. The van der Waals surface area contributed by atoms with Gasteiger partial charge in [0.15, 0.2) is 9.84 Å². The van der Waals surface area contributed by atoms with Crippen LogP contribution >= 0.6 is 0 Å². The summed E-state index contributed by atoms with van der Waals surface area (Å²) in [5.74, 6) is -1.27. The maximum Gasteiger partial charge on any atom is 0.321 e. The average Bonchev–Trinajstić information content (AvgIpc) is 2.42. The van der Waals surface area contributed by atoms with Crippen LogP contribution in [0, 0.1) is 0 Å². The monoisotopic (exact) mass is 349 g/mol. The van der Waals surface area contributed by atoms with Gasteiger partial charge in [0.25, 0.3) is 0 Å². The minimum absolute atomic E-state index is 0.143. The third-order valence-corrected chi connectivity index (χ3v) is 5.57. The van der Waals surface area contributed by atoms with Gasteiger partial charge >= 0.3 is 5.97 Å². The van der Waals surface area contributed by atoms with E-state index in [1.807, 2.05) is 6.92 Å². The number of hydrogen-bond donors (Lipinski definition) is 2. The number of sulfonamides is 1. The zero-order valence-electron chi connectivity index (χ0n) is 12.3. The summed E-state index contributed by atoms with van der Waals surface area (Å²) in [5.41, 5.74) is 0. The van der Waals surface area contributed by atoms with Gasteiger partial charge in [-0.2, -0.15) is 4.72 Å². The van der Waals surface area contributed by atoms with Crippen molar-refractivity contribution in [2.75, 3.05) is 6.26 Å².